The Morgan fingerprint density at radius 2 is 1.92 bits per heavy atom. The fourth-order valence-corrected chi connectivity index (χ4v) is 3.62. The first-order chi connectivity index (χ1) is 12.4. The van der Waals surface area contributed by atoms with Crippen LogP contribution in [0.25, 0.3) is 0 Å². The molecule has 6 heteroatoms. The number of carbonyl (C=O) groups excluding carboxylic acids is 1. The van der Waals surface area contributed by atoms with Crippen molar-refractivity contribution in [2.24, 2.45) is 0 Å². The number of carboxylic acids is 1. The molecule has 2 heterocycles. The molecular formula is C20H25N3O3. The van der Waals surface area contributed by atoms with Gasteiger partial charge in [0.1, 0.15) is 0 Å². The Hall–Kier alpha value is -2.63. The van der Waals surface area contributed by atoms with Gasteiger partial charge in [0.05, 0.1) is 11.6 Å². The third kappa shape index (κ3) is 3.36. The van der Waals surface area contributed by atoms with Gasteiger partial charge in [-0.25, -0.2) is 4.79 Å². The molecule has 26 heavy (non-hydrogen) atoms. The van der Waals surface area contributed by atoms with Gasteiger partial charge in [-0.3, -0.25) is 9.48 Å². The van der Waals surface area contributed by atoms with Gasteiger partial charge in [0.2, 0.25) is 0 Å². The predicted molar refractivity (Wildman–Crippen MR) is 98.4 cm³/mol. The Labute approximate surface area is 153 Å². The number of aromatic nitrogens is 2. The van der Waals surface area contributed by atoms with Crippen molar-refractivity contribution in [2.45, 2.75) is 52.6 Å². The first-order valence-corrected chi connectivity index (χ1v) is 9.15. The van der Waals surface area contributed by atoms with Gasteiger partial charge in [-0.15, -0.1) is 0 Å². The third-order valence-electron chi connectivity index (χ3n) is 5.18. The van der Waals surface area contributed by atoms with Gasteiger partial charge in [-0.05, 0) is 55.5 Å². The van der Waals surface area contributed by atoms with Crippen LogP contribution in [0.1, 0.15) is 70.4 Å². The van der Waals surface area contributed by atoms with Crippen LogP contribution < -0.4 is 0 Å². The van der Waals surface area contributed by atoms with Crippen LogP contribution in [0.3, 0.4) is 0 Å². The summed E-state index contributed by atoms with van der Waals surface area (Å²) < 4.78 is 1.95. The van der Waals surface area contributed by atoms with E-state index in [4.69, 9.17) is 0 Å². The topological polar surface area (TPSA) is 75.4 Å². The molecule has 0 aliphatic carbocycles. The number of carbonyl (C=O) groups is 2. The van der Waals surface area contributed by atoms with Crippen molar-refractivity contribution >= 4 is 11.9 Å². The summed E-state index contributed by atoms with van der Waals surface area (Å²) >= 11 is 0. The molecule has 0 saturated heterocycles. The maximum atomic E-state index is 12.9. The molecule has 2 aromatic rings. The quantitative estimate of drug-likeness (QED) is 0.891. The number of hydrogen-bond donors (Lipinski definition) is 1. The lowest BCUT2D eigenvalue weighted by Crippen LogP contribution is -2.36. The van der Waals surface area contributed by atoms with Crippen molar-refractivity contribution in [2.75, 3.05) is 6.54 Å². The molecule has 3 rings (SSSR count). The molecule has 0 radical (unpaired) electrons. The van der Waals surface area contributed by atoms with Gasteiger partial charge in [-0.2, -0.15) is 5.10 Å². The van der Waals surface area contributed by atoms with E-state index in [0.717, 1.165) is 36.1 Å². The van der Waals surface area contributed by atoms with E-state index in [1.54, 1.807) is 17.0 Å². The molecule has 1 aromatic heterocycles. The molecule has 6 nitrogen and oxygen atoms in total. The first kappa shape index (κ1) is 18.2. The minimum Gasteiger partial charge on any atom is -0.478 e. The Bertz CT molecular complexity index is 837. The number of benzene rings is 1. The molecule has 0 saturated carbocycles. The number of rotatable bonds is 5. The van der Waals surface area contributed by atoms with E-state index >= 15 is 0 Å². The summed E-state index contributed by atoms with van der Waals surface area (Å²) in [5.41, 5.74) is 3.73. The standard InChI is InChI=1S/C20H25N3O3/c1-4-17(5-2)23-13(3)10-18(21-23)19(24)22-9-8-14-6-7-15(20(25)26)11-16(14)12-22/h6-7,10-11,17H,4-5,8-9,12H2,1-3H3,(H,25,26). The second-order valence-electron chi connectivity index (χ2n) is 6.85. The lowest BCUT2D eigenvalue weighted by molar-refractivity contribution is 0.0696. The van der Waals surface area contributed by atoms with E-state index in [1.807, 2.05) is 23.7 Å². The fraction of sp³-hybridized carbons (Fsp3) is 0.450. The van der Waals surface area contributed by atoms with Gasteiger partial charge >= 0.3 is 5.97 Å². The normalized spacial score (nSPS) is 13.8. The molecule has 0 atom stereocenters. The monoisotopic (exact) mass is 355 g/mol. The number of aryl methyl sites for hydroxylation is 1. The summed E-state index contributed by atoms with van der Waals surface area (Å²) in [5, 5.41) is 13.7. The average Bonchev–Trinajstić information content (AvgIpc) is 3.03. The highest BCUT2D eigenvalue weighted by atomic mass is 16.4. The summed E-state index contributed by atoms with van der Waals surface area (Å²) in [6.45, 7) is 7.27. The molecule has 0 fully saturated rings. The van der Waals surface area contributed by atoms with Crippen LogP contribution in [0.5, 0.6) is 0 Å². The zero-order chi connectivity index (χ0) is 18.8. The summed E-state index contributed by atoms with van der Waals surface area (Å²) in [6, 6.07) is 7.30. The van der Waals surface area contributed by atoms with Crippen LogP contribution in [0.15, 0.2) is 24.3 Å². The number of carboxylic acid groups (broad SMARTS) is 1. The third-order valence-corrected chi connectivity index (χ3v) is 5.18. The average molecular weight is 355 g/mol. The molecule has 1 aromatic carbocycles. The lowest BCUT2D eigenvalue weighted by atomic mass is 9.97. The first-order valence-electron chi connectivity index (χ1n) is 9.15. The lowest BCUT2D eigenvalue weighted by Gasteiger charge is -2.28. The molecule has 1 amide bonds. The number of amides is 1. The van der Waals surface area contributed by atoms with Crippen LogP contribution in [0.2, 0.25) is 0 Å². The molecule has 1 aliphatic rings. The maximum Gasteiger partial charge on any atom is 0.335 e. The van der Waals surface area contributed by atoms with Crippen molar-refractivity contribution in [3.8, 4) is 0 Å². The van der Waals surface area contributed by atoms with Gasteiger partial charge in [0.15, 0.2) is 5.69 Å². The number of aromatic carboxylic acids is 1. The fourth-order valence-electron chi connectivity index (χ4n) is 3.62. The zero-order valence-electron chi connectivity index (χ0n) is 15.5. The van der Waals surface area contributed by atoms with Crippen LogP contribution >= 0.6 is 0 Å². The van der Waals surface area contributed by atoms with Crippen LogP contribution in [0.4, 0.5) is 0 Å². The second kappa shape index (κ2) is 7.32. The van der Waals surface area contributed by atoms with Gasteiger partial charge in [-0.1, -0.05) is 19.9 Å². The highest BCUT2D eigenvalue weighted by molar-refractivity contribution is 5.92. The molecule has 1 N–H and O–H groups in total. The predicted octanol–water partition coefficient (Wildman–Crippen LogP) is 3.45. The SMILES string of the molecule is CCC(CC)n1nc(C(=O)N2CCc3ccc(C(=O)O)cc3C2)cc1C. The molecule has 1 aliphatic heterocycles. The van der Waals surface area contributed by atoms with E-state index in [0.29, 0.717) is 24.8 Å². The van der Waals surface area contributed by atoms with E-state index in [1.165, 1.54) is 0 Å². The molecule has 0 unspecified atom stereocenters. The van der Waals surface area contributed by atoms with Crippen molar-refractivity contribution in [1.82, 2.24) is 14.7 Å². The summed E-state index contributed by atoms with van der Waals surface area (Å²) in [7, 11) is 0. The smallest absolute Gasteiger partial charge is 0.335 e. The van der Waals surface area contributed by atoms with Crippen LogP contribution in [0, 0.1) is 6.92 Å². The molecule has 138 valence electrons. The maximum absolute atomic E-state index is 12.9. The van der Waals surface area contributed by atoms with E-state index in [2.05, 4.69) is 18.9 Å². The Kier molecular flexibility index (Phi) is 5.11. The van der Waals surface area contributed by atoms with E-state index < -0.39 is 5.97 Å². The van der Waals surface area contributed by atoms with E-state index in [-0.39, 0.29) is 11.5 Å². The Morgan fingerprint density at radius 3 is 2.58 bits per heavy atom. The number of fused-ring (bicyclic) bond motifs is 1. The minimum atomic E-state index is -0.948. The summed E-state index contributed by atoms with van der Waals surface area (Å²) in [5.74, 6) is -1.04. The van der Waals surface area contributed by atoms with Crippen LogP contribution in [-0.2, 0) is 13.0 Å². The minimum absolute atomic E-state index is 0.0933. The zero-order valence-corrected chi connectivity index (χ0v) is 15.5. The number of nitrogens with zero attached hydrogens (tertiary/aromatic N) is 3. The molecule has 0 spiro atoms. The molecule has 0 bridgehead atoms. The summed E-state index contributed by atoms with van der Waals surface area (Å²) in [4.78, 5) is 25.9. The van der Waals surface area contributed by atoms with Crippen LogP contribution in [-0.4, -0.2) is 38.2 Å². The van der Waals surface area contributed by atoms with Gasteiger partial charge in [0, 0.05) is 18.8 Å². The second-order valence-corrected chi connectivity index (χ2v) is 6.85. The Morgan fingerprint density at radius 1 is 1.19 bits per heavy atom. The van der Waals surface area contributed by atoms with Gasteiger partial charge in [0.25, 0.3) is 5.91 Å². The highest BCUT2D eigenvalue weighted by Gasteiger charge is 2.25. The largest absolute Gasteiger partial charge is 0.478 e. The van der Waals surface area contributed by atoms with Crippen molar-refractivity contribution in [3.63, 3.8) is 0 Å². The van der Waals surface area contributed by atoms with E-state index in [9.17, 15) is 14.7 Å². The highest BCUT2D eigenvalue weighted by Crippen LogP contribution is 2.23. The van der Waals surface area contributed by atoms with Crippen molar-refractivity contribution in [1.29, 1.82) is 0 Å². The molecular weight excluding hydrogens is 330 g/mol. The summed E-state index contributed by atoms with van der Waals surface area (Å²) in [6.07, 6.45) is 2.68. The number of hydrogen-bond acceptors (Lipinski definition) is 3. The van der Waals surface area contributed by atoms with Crippen molar-refractivity contribution in [3.05, 3.63) is 52.3 Å². The van der Waals surface area contributed by atoms with Gasteiger partial charge < -0.3 is 10.0 Å². The Balaban J connectivity index is 1.82. The van der Waals surface area contributed by atoms with Crippen molar-refractivity contribution < 1.29 is 14.7 Å².